The van der Waals surface area contributed by atoms with Crippen LogP contribution in [-0.2, 0) is 4.74 Å². The van der Waals surface area contributed by atoms with Gasteiger partial charge in [0, 0.05) is 0 Å². The zero-order valence-electron chi connectivity index (χ0n) is 24.1. The van der Waals surface area contributed by atoms with Crippen LogP contribution >= 0.6 is 0 Å². The Morgan fingerprint density at radius 1 is 0.615 bits per heavy atom. The number of halogens is 2. The van der Waals surface area contributed by atoms with Gasteiger partial charge in [0.1, 0.15) is 11.6 Å². The Kier molecular flexibility index (Phi) is 11.8. The molecule has 0 amide bonds. The maximum absolute atomic E-state index is 13.7. The summed E-state index contributed by atoms with van der Waals surface area (Å²) in [5, 5.41) is 0. The summed E-state index contributed by atoms with van der Waals surface area (Å²) in [5.41, 5.74) is 4.85. The summed E-state index contributed by atoms with van der Waals surface area (Å²) in [6.07, 6.45) is 19.6. The van der Waals surface area contributed by atoms with Crippen LogP contribution in [0.1, 0.15) is 102 Å². The molecule has 0 aliphatic heterocycles. The highest BCUT2D eigenvalue weighted by Gasteiger charge is 2.25. The molecule has 1 nitrogen and oxygen atoms in total. The molecular formula is C36H48F2O. The minimum Gasteiger partial charge on any atom is -0.373 e. The second-order valence-corrected chi connectivity index (χ2v) is 11.9. The van der Waals surface area contributed by atoms with Crippen molar-refractivity contribution in [3.8, 4) is 0 Å². The lowest BCUT2D eigenvalue weighted by Crippen LogP contribution is -2.16. The molecule has 39 heavy (non-hydrogen) atoms. The molecule has 0 radical (unpaired) electrons. The lowest BCUT2D eigenvalue weighted by molar-refractivity contribution is 0.193. The second-order valence-electron chi connectivity index (χ2n) is 11.9. The van der Waals surface area contributed by atoms with Gasteiger partial charge in [-0.25, -0.2) is 8.78 Å². The number of hydrogen-bond acceptors (Lipinski definition) is 1. The Labute approximate surface area is 235 Å². The summed E-state index contributed by atoms with van der Waals surface area (Å²) >= 11 is 0. The van der Waals surface area contributed by atoms with Crippen molar-refractivity contribution >= 4 is 11.1 Å². The zero-order valence-corrected chi connectivity index (χ0v) is 24.1. The predicted octanol–water partition coefficient (Wildman–Crippen LogP) is 10.7. The van der Waals surface area contributed by atoms with Gasteiger partial charge < -0.3 is 4.74 Å². The smallest absolute Gasteiger partial charge is 0.123 e. The van der Waals surface area contributed by atoms with Crippen molar-refractivity contribution in [2.45, 2.75) is 90.9 Å². The van der Waals surface area contributed by atoms with E-state index in [9.17, 15) is 8.78 Å². The van der Waals surface area contributed by atoms with Crippen LogP contribution in [0, 0.1) is 35.3 Å². The van der Waals surface area contributed by atoms with E-state index < -0.39 is 0 Å². The van der Waals surface area contributed by atoms with Crippen molar-refractivity contribution in [2.75, 3.05) is 13.2 Å². The first-order valence-electron chi connectivity index (χ1n) is 15.6. The molecule has 0 spiro atoms. The molecule has 2 fully saturated rings. The first-order valence-corrected chi connectivity index (χ1v) is 15.6. The van der Waals surface area contributed by atoms with Crippen LogP contribution in [0.25, 0.3) is 11.1 Å². The van der Waals surface area contributed by atoms with Crippen molar-refractivity contribution in [3.05, 3.63) is 83.4 Å². The topological polar surface area (TPSA) is 9.23 Å². The van der Waals surface area contributed by atoms with Gasteiger partial charge in [-0.1, -0.05) is 75.9 Å². The monoisotopic (exact) mass is 534 g/mol. The highest BCUT2D eigenvalue weighted by atomic mass is 19.1. The van der Waals surface area contributed by atoms with Gasteiger partial charge in [0.2, 0.25) is 0 Å². The molecule has 2 aromatic rings. The molecule has 2 saturated carbocycles. The van der Waals surface area contributed by atoms with Crippen LogP contribution in [0.3, 0.4) is 0 Å². The molecule has 0 unspecified atom stereocenters. The van der Waals surface area contributed by atoms with E-state index in [1.165, 1.54) is 88.2 Å². The van der Waals surface area contributed by atoms with E-state index >= 15 is 0 Å². The molecule has 0 heterocycles. The Morgan fingerprint density at radius 3 is 1.31 bits per heavy atom. The van der Waals surface area contributed by atoms with Crippen LogP contribution < -0.4 is 0 Å². The summed E-state index contributed by atoms with van der Waals surface area (Å²) in [7, 11) is 0. The number of hydrogen-bond donors (Lipinski definition) is 0. The van der Waals surface area contributed by atoms with Crippen molar-refractivity contribution < 1.29 is 13.5 Å². The summed E-state index contributed by atoms with van der Waals surface area (Å²) in [4.78, 5) is 0. The van der Waals surface area contributed by atoms with Crippen LogP contribution in [0.5, 0.6) is 0 Å². The zero-order chi connectivity index (χ0) is 27.5. The number of benzene rings is 2. The molecule has 3 heteroatoms. The van der Waals surface area contributed by atoms with Gasteiger partial charge in [0.25, 0.3) is 0 Å². The van der Waals surface area contributed by atoms with Gasteiger partial charge in [0.05, 0.1) is 13.2 Å². The van der Waals surface area contributed by atoms with E-state index in [1.807, 2.05) is 24.3 Å². The Morgan fingerprint density at radius 2 is 0.974 bits per heavy atom. The molecule has 0 N–H and O–H groups in total. The summed E-state index contributed by atoms with van der Waals surface area (Å²) < 4.78 is 33.5. The summed E-state index contributed by atoms with van der Waals surface area (Å²) in [6, 6.07) is 13.9. The molecule has 0 bridgehead atoms. The maximum atomic E-state index is 13.7. The van der Waals surface area contributed by atoms with Gasteiger partial charge >= 0.3 is 0 Å². The van der Waals surface area contributed by atoms with E-state index in [0.717, 1.165) is 23.0 Å². The molecular weight excluding hydrogens is 486 g/mol. The highest BCUT2D eigenvalue weighted by molar-refractivity contribution is 5.68. The third-order valence-electron chi connectivity index (χ3n) is 9.16. The highest BCUT2D eigenvalue weighted by Crippen LogP contribution is 2.40. The quantitative estimate of drug-likeness (QED) is 0.246. The normalized spacial score (nSPS) is 24.6. The molecule has 0 saturated heterocycles. The largest absolute Gasteiger partial charge is 0.373 e. The van der Waals surface area contributed by atoms with Crippen LogP contribution in [0.15, 0.2) is 60.7 Å². The SMILES string of the molecule is CCCC1CCC(C(=CCOCC=C(c2ccc(F)cc2)C2CCC(CCC)CC2)c2ccc(F)cc2)CC1. The van der Waals surface area contributed by atoms with Crippen molar-refractivity contribution in [3.63, 3.8) is 0 Å². The average molecular weight is 535 g/mol. The van der Waals surface area contributed by atoms with Gasteiger partial charge in [-0.2, -0.15) is 0 Å². The molecule has 0 atom stereocenters. The molecule has 2 aromatic carbocycles. The second kappa shape index (κ2) is 15.5. The predicted molar refractivity (Wildman–Crippen MR) is 160 cm³/mol. The third kappa shape index (κ3) is 8.87. The number of allylic oxidation sites excluding steroid dienone is 2. The molecule has 212 valence electrons. The average Bonchev–Trinajstić information content (AvgIpc) is 2.96. The van der Waals surface area contributed by atoms with Crippen molar-refractivity contribution in [1.82, 2.24) is 0 Å². The number of ether oxygens (including phenoxy) is 1. The van der Waals surface area contributed by atoms with Crippen LogP contribution in [0.4, 0.5) is 8.78 Å². The lowest BCUT2D eigenvalue weighted by Gasteiger charge is -2.30. The maximum Gasteiger partial charge on any atom is 0.123 e. The first kappa shape index (κ1) is 29.7. The van der Waals surface area contributed by atoms with Gasteiger partial charge in [-0.15, -0.1) is 0 Å². The van der Waals surface area contributed by atoms with Crippen LogP contribution in [0.2, 0.25) is 0 Å². The van der Waals surface area contributed by atoms with Crippen molar-refractivity contribution in [2.24, 2.45) is 23.7 Å². The van der Waals surface area contributed by atoms with Crippen molar-refractivity contribution in [1.29, 1.82) is 0 Å². The first-order chi connectivity index (χ1) is 19.1. The molecule has 2 aliphatic rings. The molecule has 0 aromatic heterocycles. The lowest BCUT2D eigenvalue weighted by atomic mass is 9.75. The number of rotatable bonds is 12. The fourth-order valence-electron chi connectivity index (χ4n) is 7.03. The summed E-state index contributed by atoms with van der Waals surface area (Å²) in [6.45, 7) is 5.64. The van der Waals surface area contributed by atoms with E-state index in [2.05, 4.69) is 26.0 Å². The van der Waals surface area contributed by atoms with E-state index in [4.69, 9.17) is 4.74 Å². The summed E-state index contributed by atoms with van der Waals surface area (Å²) in [5.74, 6) is 2.34. The van der Waals surface area contributed by atoms with Crippen LogP contribution in [-0.4, -0.2) is 13.2 Å². The van der Waals surface area contributed by atoms with E-state index in [1.54, 1.807) is 24.3 Å². The fraction of sp³-hybridized carbons (Fsp3) is 0.556. The van der Waals surface area contributed by atoms with E-state index in [-0.39, 0.29) is 11.6 Å². The van der Waals surface area contributed by atoms with Gasteiger partial charge in [-0.05, 0) is 122 Å². The third-order valence-corrected chi connectivity index (χ3v) is 9.16. The van der Waals surface area contributed by atoms with Gasteiger partial charge in [0.15, 0.2) is 0 Å². The van der Waals surface area contributed by atoms with Gasteiger partial charge in [-0.3, -0.25) is 0 Å². The fourth-order valence-corrected chi connectivity index (χ4v) is 7.03. The Bertz CT molecular complexity index is 951. The van der Waals surface area contributed by atoms with E-state index in [0.29, 0.717) is 25.0 Å². The Hall–Kier alpha value is -2.26. The minimum atomic E-state index is -0.191. The minimum absolute atomic E-state index is 0.191. The molecule has 2 aliphatic carbocycles. The Balaban J connectivity index is 1.43. The molecule has 4 rings (SSSR count). The standard InChI is InChI=1S/C36H48F2O/c1-3-5-27-7-11-29(12-8-27)35(31-15-19-33(37)20-16-31)23-25-39-26-24-36(32-17-21-34(38)22-18-32)30-13-9-28(6-4-2)10-14-30/h15-24,27-30H,3-14,25-26H2,1-2H3.